The number of imidazole rings is 1. The van der Waals surface area contributed by atoms with Crippen molar-refractivity contribution in [1.82, 2.24) is 29.9 Å². The van der Waals surface area contributed by atoms with Crippen molar-refractivity contribution < 1.29 is 23.9 Å². The van der Waals surface area contributed by atoms with Gasteiger partial charge in [-0.1, -0.05) is 35.5 Å². The lowest BCUT2D eigenvalue weighted by molar-refractivity contribution is -0.127. The summed E-state index contributed by atoms with van der Waals surface area (Å²) in [6.45, 7) is 2.63. The molecule has 0 radical (unpaired) electrons. The number of carbonyl (C=O) groups excluding carboxylic acids is 3. The molecule has 0 unspecified atom stereocenters. The van der Waals surface area contributed by atoms with Crippen LogP contribution in [-0.2, 0) is 32.7 Å². The first-order chi connectivity index (χ1) is 21.4. The molecule has 2 aromatic heterocycles. The number of hydrogen-bond acceptors (Lipinski definition) is 8. The van der Waals surface area contributed by atoms with Crippen molar-refractivity contribution in [3.8, 4) is 0 Å². The van der Waals surface area contributed by atoms with E-state index in [1.165, 1.54) is 9.58 Å². The summed E-state index contributed by atoms with van der Waals surface area (Å²) >= 11 is 0. The summed E-state index contributed by atoms with van der Waals surface area (Å²) in [5, 5.41) is 11.4. The van der Waals surface area contributed by atoms with Crippen molar-refractivity contribution in [2.75, 3.05) is 24.7 Å². The number of aromatic nitrogens is 5. The van der Waals surface area contributed by atoms with E-state index in [1.54, 1.807) is 31.2 Å². The quantitative estimate of drug-likeness (QED) is 0.242. The molecule has 226 valence electrons. The topological polar surface area (TPSA) is 133 Å². The van der Waals surface area contributed by atoms with Crippen LogP contribution in [-0.4, -0.2) is 68.2 Å². The van der Waals surface area contributed by atoms with Crippen molar-refractivity contribution in [1.29, 1.82) is 0 Å². The van der Waals surface area contributed by atoms with Gasteiger partial charge in [0.15, 0.2) is 6.04 Å². The van der Waals surface area contributed by atoms with Gasteiger partial charge in [-0.25, -0.2) is 14.5 Å². The van der Waals surface area contributed by atoms with Crippen molar-refractivity contribution in [3.05, 3.63) is 84.2 Å². The molecule has 3 aromatic carbocycles. The summed E-state index contributed by atoms with van der Waals surface area (Å²) < 4.78 is 14.3. The molecule has 2 atom stereocenters. The zero-order valence-electron chi connectivity index (χ0n) is 24.6. The van der Waals surface area contributed by atoms with E-state index in [0.29, 0.717) is 34.7 Å². The molecule has 12 heteroatoms. The molecule has 1 N–H and O–H groups in total. The molecule has 6 rings (SSSR count). The number of hydrogen-bond donors (Lipinski definition) is 1. The number of nitrogens with zero attached hydrogens (tertiary/aromatic N) is 6. The fraction of sp³-hybridized carbons (Fsp3) is 0.312. The summed E-state index contributed by atoms with van der Waals surface area (Å²) in [5.74, 6) is -1.07. The maximum absolute atomic E-state index is 14.4. The lowest BCUT2D eigenvalue weighted by Crippen LogP contribution is -2.47. The molecular weight excluding hydrogens is 562 g/mol. The molecular formula is C32H33N7O5. The van der Waals surface area contributed by atoms with E-state index in [-0.39, 0.29) is 31.4 Å². The van der Waals surface area contributed by atoms with Gasteiger partial charge in [-0.15, -0.1) is 5.10 Å². The Morgan fingerprint density at radius 2 is 1.82 bits per heavy atom. The van der Waals surface area contributed by atoms with Gasteiger partial charge in [-0.2, -0.15) is 0 Å². The van der Waals surface area contributed by atoms with Gasteiger partial charge in [0, 0.05) is 25.9 Å². The van der Waals surface area contributed by atoms with Gasteiger partial charge in [-0.05, 0) is 62.2 Å². The Bertz CT molecular complexity index is 1820. The highest BCUT2D eigenvalue weighted by Gasteiger charge is 2.37. The van der Waals surface area contributed by atoms with Gasteiger partial charge in [0.1, 0.15) is 17.9 Å². The Balaban J connectivity index is 1.47. The molecule has 1 saturated heterocycles. The number of fused-ring (bicyclic) bond motifs is 2. The van der Waals surface area contributed by atoms with E-state index in [9.17, 15) is 14.4 Å². The van der Waals surface area contributed by atoms with E-state index in [1.807, 2.05) is 60.1 Å². The monoisotopic (exact) mass is 595 g/mol. The molecule has 0 saturated carbocycles. The average molecular weight is 596 g/mol. The molecule has 2 amide bonds. The minimum atomic E-state index is -1.20. The Morgan fingerprint density at radius 3 is 2.57 bits per heavy atom. The molecule has 0 bridgehead atoms. The predicted molar refractivity (Wildman–Crippen MR) is 163 cm³/mol. The van der Waals surface area contributed by atoms with Gasteiger partial charge in [0.2, 0.25) is 5.91 Å². The number of ether oxygens (including phenoxy) is 2. The first kappa shape index (κ1) is 29.0. The molecule has 0 spiro atoms. The van der Waals surface area contributed by atoms with Crippen LogP contribution in [0, 0.1) is 0 Å². The molecule has 5 aromatic rings. The second-order valence-corrected chi connectivity index (χ2v) is 10.6. The standard InChI is InChI=1S/C32H33N7O5/c1-3-43-32(42)21-10-8-11-22(18-21)39(28(40)20-38-27-16-7-5-14-25(27)35-36-38)29(31(41)33-19-23-12-9-17-44-23)30-34-24-13-4-6-15-26(24)37(30)2/h4-8,10-11,13-16,18,23,29H,3,9,12,17,19-20H2,1-2H3,(H,33,41)/t23-,29-/m0/s1. The molecule has 3 heterocycles. The number of aryl methyl sites for hydroxylation is 1. The van der Waals surface area contributed by atoms with E-state index >= 15 is 0 Å². The minimum absolute atomic E-state index is 0.113. The van der Waals surface area contributed by atoms with E-state index in [0.717, 1.165) is 18.4 Å². The van der Waals surface area contributed by atoms with Crippen LogP contribution in [0.5, 0.6) is 0 Å². The average Bonchev–Trinajstić information content (AvgIpc) is 3.79. The highest BCUT2D eigenvalue weighted by atomic mass is 16.5. The largest absolute Gasteiger partial charge is 0.462 e. The molecule has 12 nitrogen and oxygen atoms in total. The zero-order chi connectivity index (χ0) is 30.6. The number of anilines is 1. The van der Waals surface area contributed by atoms with Crippen molar-refractivity contribution in [2.45, 2.75) is 38.5 Å². The van der Waals surface area contributed by atoms with Crippen LogP contribution in [0.25, 0.3) is 22.1 Å². The third kappa shape index (κ3) is 5.76. The van der Waals surface area contributed by atoms with Crippen molar-refractivity contribution >= 4 is 45.5 Å². The summed E-state index contributed by atoms with van der Waals surface area (Å²) in [4.78, 5) is 47.6. The first-order valence-electron chi connectivity index (χ1n) is 14.6. The summed E-state index contributed by atoms with van der Waals surface area (Å²) in [5.41, 5.74) is 3.36. The summed E-state index contributed by atoms with van der Waals surface area (Å²) in [6.07, 6.45) is 1.64. The SMILES string of the molecule is CCOC(=O)c1cccc(N(C(=O)Cn2nnc3ccccc32)[C@H](C(=O)NC[C@@H]2CCCO2)c2nc3ccccc3n2C)c1. The van der Waals surface area contributed by atoms with Gasteiger partial charge in [-0.3, -0.25) is 14.5 Å². The van der Waals surface area contributed by atoms with Crippen LogP contribution in [0.15, 0.2) is 72.8 Å². The fourth-order valence-electron chi connectivity index (χ4n) is 5.55. The molecule has 44 heavy (non-hydrogen) atoms. The summed E-state index contributed by atoms with van der Waals surface area (Å²) in [6, 6.07) is 20.1. The van der Waals surface area contributed by atoms with Gasteiger partial charge >= 0.3 is 5.97 Å². The second-order valence-electron chi connectivity index (χ2n) is 10.6. The zero-order valence-corrected chi connectivity index (χ0v) is 24.6. The Morgan fingerprint density at radius 1 is 1.05 bits per heavy atom. The van der Waals surface area contributed by atoms with E-state index < -0.39 is 23.8 Å². The number of para-hydroxylation sites is 3. The number of amides is 2. The number of carbonyl (C=O) groups is 3. The Hall–Kier alpha value is -5.10. The van der Waals surface area contributed by atoms with Gasteiger partial charge in [0.25, 0.3) is 5.91 Å². The minimum Gasteiger partial charge on any atom is -0.462 e. The van der Waals surface area contributed by atoms with Crippen LogP contribution < -0.4 is 10.2 Å². The Kier molecular flexibility index (Phi) is 8.33. The molecule has 1 aliphatic heterocycles. The highest BCUT2D eigenvalue weighted by molar-refractivity contribution is 6.02. The van der Waals surface area contributed by atoms with Crippen LogP contribution in [0.3, 0.4) is 0 Å². The highest BCUT2D eigenvalue weighted by Crippen LogP contribution is 2.31. The number of nitrogens with one attached hydrogen (secondary N) is 1. The fourth-order valence-corrected chi connectivity index (χ4v) is 5.55. The smallest absolute Gasteiger partial charge is 0.338 e. The first-order valence-corrected chi connectivity index (χ1v) is 14.6. The van der Waals surface area contributed by atoms with E-state index in [2.05, 4.69) is 15.6 Å². The van der Waals surface area contributed by atoms with Gasteiger partial charge in [0.05, 0.1) is 34.8 Å². The van der Waals surface area contributed by atoms with Gasteiger partial charge < -0.3 is 19.4 Å². The van der Waals surface area contributed by atoms with Crippen molar-refractivity contribution in [2.24, 2.45) is 7.05 Å². The van der Waals surface area contributed by atoms with Crippen LogP contribution in [0.4, 0.5) is 5.69 Å². The number of rotatable bonds is 10. The predicted octanol–water partition coefficient (Wildman–Crippen LogP) is 3.56. The molecule has 1 fully saturated rings. The summed E-state index contributed by atoms with van der Waals surface area (Å²) in [7, 11) is 1.81. The van der Waals surface area contributed by atoms with Crippen LogP contribution in [0.2, 0.25) is 0 Å². The third-order valence-electron chi connectivity index (χ3n) is 7.71. The van der Waals surface area contributed by atoms with Crippen molar-refractivity contribution in [3.63, 3.8) is 0 Å². The number of esters is 1. The maximum atomic E-state index is 14.4. The third-order valence-corrected chi connectivity index (χ3v) is 7.71. The second kappa shape index (κ2) is 12.6. The molecule has 1 aliphatic rings. The van der Waals surface area contributed by atoms with E-state index in [4.69, 9.17) is 14.5 Å². The van der Waals surface area contributed by atoms with Crippen LogP contribution >= 0.6 is 0 Å². The normalized spacial score (nSPS) is 15.4. The maximum Gasteiger partial charge on any atom is 0.338 e. The molecule has 0 aliphatic carbocycles. The lowest BCUT2D eigenvalue weighted by Gasteiger charge is -2.31. The van der Waals surface area contributed by atoms with Crippen LogP contribution in [0.1, 0.15) is 42.0 Å². The lowest BCUT2D eigenvalue weighted by atomic mass is 10.1. The Labute approximate surface area is 253 Å². The number of benzene rings is 3.